The van der Waals surface area contributed by atoms with Crippen LogP contribution in [0.3, 0.4) is 0 Å². The fourth-order valence-electron chi connectivity index (χ4n) is 1.69. The van der Waals surface area contributed by atoms with Gasteiger partial charge in [-0.2, -0.15) is 8.42 Å². The molecule has 1 aromatic heterocycles. The van der Waals surface area contributed by atoms with Crippen LogP contribution in [-0.4, -0.2) is 19.5 Å². The Morgan fingerprint density at radius 1 is 1.47 bits per heavy atom. The Morgan fingerprint density at radius 2 is 2.06 bits per heavy atom. The molecule has 0 unspecified atom stereocenters. The number of carboxylic acids is 1. The molecule has 0 aliphatic carbocycles. The van der Waals surface area contributed by atoms with Crippen LogP contribution in [-0.2, 0) is 16.9 Å². The Morgan fingerprint density at radius 3 is 2.41 bits per heavy atom. The quantitative estimate of drug-likeness (QED) is 0.915. The zero-order valence-corrected chi connectivity index (χ0v) is 11.4. The number of rotatable bonds is 4. The Hall–Kier alpha value is -1.21. The van der Waals surface area contributed by atoms with Gasteiger partial charge in [-0.1, -0.05) is 20.8 Å². The molecule has 1 aromatic rings. The number of carboxylic acid groups (broad SMARTS) is 1. The largest absolute Gasteiger partial charge is 0.478 e. The van der Waals surface area contributed by atoms with E-state index in [4.69, 9.17) is 5.11 Å². The second-order valence-electron chi connectivity index (χ2n) is 3.74. The van der Waals surface area contributed by atoms with Crippen molar-refractivity contribution in [1.82, 2.24) is 0 Å². The van der Waals surface area contributed by atoms with Crippen molar-refractivity contribution in [3.05, 3.63) is 16.0 Å². The third-order valence-corrected chi connectivity index (χ3v) is 3.96. The molecule has 0 aliphatic rings. The number of hydrogen-bond acceptors (Lipinski definition) is 5. The summed E-state index contributed by atoms with van der Waals surface area (Å²) in [5.74, 6) is -1.11. The number of nitrogens with zero attached hydrogens (tertiary/aromatic N) is 1. The van der Waals surface area contributed by atoms with Crippen LogP contribution in [0.25, 0.3) is 0 Å². The number of thiophene rings is 1. The van der Waals surface area contributed by atoms with Gasteiger partial charge in [0.25, 0.3) is 0 Å². The van der Waals surface area contributed by atoms with Gasteiger partial charge in [0.1, 0.15) is 10.6 Å². The molecule has 0 aromatic carbocycles. The number of aromatic carboxylic acids is 1. The van der Waals surface area contributed by atoms with Crippen LogP contribution in [0.4, 0.5) is 5.00 Å². The van der Waals surface area contributed by atoms with Gasteiger partial charge >= 0.3 is 16.5 Å². The Kier molecular flexibility index (Phi) is 4.41. The second-order valence-corrected chi connectivity index (χ2v) is 5.44. The van der Waals surface area contributed by atoms with E-state index < -0.39 is 16.5 Å². The molecule has 1 rings (SSSR count). The van der Waals surface area contributed by atoms with Crippen LogP contribution in [0.15, 0.2) is 4.36 Å². The minimum Gasteiger partial charge on any atom is -0.478 e. The molecule has 0 amide bonds. The molecular weight excluding hydrogens is 262 g/mol. The van der Waals surface area contributed by atoms with Gasteiger partial charge in [0.2, 0.25) is 0 Å². The van der Waals surface area contributed by atoms with Crippen molar-refractivity contribution in [3.8, 4) is 0 Å². The summed E-state index contributed by atoms with van der Waals surface area (Å²) in [5, 5.41) is 9.22. The first-order chi connectivity index (χ1) is 7.88. The highest BCUT2D eigenvalue weighted by atomic mass is 32.2. The van der Waals surface area contributed by atoms with Crippen molar-refractivity contribution in [3.63, 3.8) is 0 Å². The fraction of sp³-hybridized carbons (Fsp3) is 0.500. The van der Waals surface area contributed by atoms with Crippen LogP contribution < -0.4 is 0 Å². The molecular formula is C10H13NO4S2. The van der Waals surface area contributed by atoms with Crippen LogP contribution in [0.1, 0.15) is 47.5 Å². The maximum absolute atomic E-state index is 11.2. The van der Waals surface area contributed by atoms with Gasteiger partial charge in [-0.25, -0.2) is 4.79 Å². The summed E-state index contributed by atoms with van der Waals surface area (Å²) in [4.78, 5) is 12.1. The molecule has 0 saturated heterocycles. The maximum atomic E-state index is 11.2. The van der Waals surface area contributed by atoms with E-state index in [1.165, 1.54) is 0 Å². The van der Waals surface area contributed by atoms with E-state index >= 15 is 0 Å². The fourth-order valence-corrected chi connectivity index (χ4v) is 3.37. The average Bonchev–Trinajstić information content (AvgIpc) is 2.55. The molecule has 0 atom stereocenters. The molecule has 0 radical (unpaired) electrons. The number of carbonyl (C=O) groups is 1. The minimum atomic E-state index is -2.63. The first kappa shape index (κ1) is 13.9. The molecule has 0 bridgehead atoms. The van der Waals surface area contributed by atoms with Gasteiger partial charge in [-0.3, -0.25) is 0 Å². The van der Waals surface area contributed by atoms with Crippen molar-refractivity contribution in [2.24, 2.45) is 4.36 Å². The molecule has 0 saturated carbocycles. The summed E-state index contributed by atoms with van der Waals surface area (Å²) in [7, 11) is -2.63. The molecule has 1 heterocycles. The monoisotopic (exact) mass is 275 g/mol. The Balaban J connectivity index is 3.63. The molecule has 17 heavy (non-hydrogen) atoms. The van der Waals surface area contributed by atoms with Gasteiger partial charge < -0.3 is 5.11 Å². The Labute approximate surface area is 105 Å². The molecule has 0 fully saturated rings. The van der Waals surface area contributed by atoms with E-state index in [2.05, 4.69) is 4.36 Å². The molecule has 94 valence electrons. The maximum Gasteiger partial charge on any atom is 0.339 e. The van der Waals surface area contributed by atoms with Crippen molar-refractivity contribution in [1.29, 1.82) is 0 Å². The lowest BCUT2D eigenvalue weighted by atomic mass is 9.98. The molecule has 0 aliphatic heterocycles. The van der Waals surface area contributed by atoms with Crippen LogP contribution in [0.2, 0.25) is 0 Å². The summed E-state index contributed by atoms with van der Waals surface area (Å²) in [6.45, 7) is 5.67. The molecule has 1 N–H and O–H groups in total. The van der Waals surface area contributed by atoms with E-state index in [-0.39, 0.29) is 16.5 Å². The topological polar surface area (TPSA) is 83.8 Å². The van der Waals surface area contributed by atoms with E-state index in [0.29, 0.717) is 12.0 Å². The van der Waals surface area contributed by atoms with Crippen LogP contribution >= 0.6 is 11.3 Å². The smallest absolute Gasteiger partial charge is 0.339 e. The third kappa shape index (κ3) is 2.92. The molecule has 5 nitrogen and oxygen atoms in total. The number of aryl methyl sites for hydroxylation is 1. The summed E-state index contributed by atoms with van der Waals surface area (Å²) in [5.41, 5.74) is 0.709. The molecule has 7 heteroatoms. The average molecular weight is 275 g/mol. The molecule has 0 spiro atoms. The first-order valence-electron chi connectivity index (χ1n) is 5.08. The van der Waals surface area contributed by atoms with E-state index in [0.717, 1.165) is 16.2 Å². The zero-order chi connectivity index (χ0) is 13.2. The van der Waals surface area contributed by atoms with E-state index in [9.17, 15) is 13.2 Å². The van der Waals surface area contributed by atoms with Crippen molar-refractivity contribution < 1.29 is 18.3 Å². The lowest BCUT2D eigenvalue weighted by molar-refractivity contribution is 0.0696. The van der Waals surface area contributed by atoms with E-state index in [1.54, 1.807) is 0 Å². The van der Waals surface area contributed by atoms with Crippen molar-refractivity contribution >= 4 is 32.8 Å². The lowest BCUT2D eigenvalue weighted by Gasteiger charge is -2.07. The summed E-state index contributed by atoms with van der Waals surface area (Å²) < 4.78 is 24.5. The lowest BCUT2D eigenvalue weighted by Crippen LogP contribution is -2.02. The highest BCUT2D eigenvalue weighted by Gasteiger charge is 2.24. The first-order valence-corrected chi connectivity index (χ1v) is 6.93. The Bertz CT molecular complexity index is 561. The highest BCUT2D eigenvalue weighted by Crippen LogP contribution is 2.39. The predicted molar refractivity (Wildman–Crippen MR) is 65.8 cm³/mol. The third-order valence-electron chi connectivity index (χ3n) is 2.27. The number of hydrogen-bond donors (Lipinski definition) is 1. The SMILES string of the molecule is CCc1sc(N=S(=O)=O)c(C(=O)O)c1C(C)C. The van der Waals surface area contributed by atoms with Crippen LogP contribution in [0.5, 0.6) is 0 Å². The van der Waals surface area contributed by atoms with Gasteiger partial charge in [0.05, 0.1) is 0 Å². The zero-order valence-electron chi connectivity index (χ0n) is 9.72. The highest BCUT2D eigenvalue weighted by molar-refractivity contribution is 7.62. The standard InChI is InChI=1S/C10H13NO4S2/c1-4-6-7(5(2)3)8(10(12)13)9(16-6)11-17(14)15/h5H,4H2,1-3H3,(H,12,13). The van der Waals surface area contributed by atoms with Gasteiger partial charge in [-0.05, 0) is 17.9 Å². The predicted octanol–water partition coefficient (Wildman–Crippen LogP) is 2.83. The minimum absolute atomic E-state index is 0.0195. The van der Waals surface area contributed by atoms with Gasteiger partial charge in [-0.15, -0.1) is 15.7 Å². The van der Waals surface area contributed by atoms with Crippen molar-refractivity contribution in [2.45, 2.75) is 33.1 Å². The summed E-state index contributed by atoms with van der Waals surface area (Å²) in [6.07, 6.45) is 0.666. The second kappa shape index (κ2) is 5.42. The normalized spacial score (nSPS) is 10.6. The van der Waals surface area contributed by atoms with Crippen LogP contribution in [0, 0.1) is 0 Å². The van der Waals surface area contributed by atoms with Gasteiger partial charge in [0.15, 0.2) is 0 Å². The van der Waals surface area contributed by atoms with Crippen molar-refractivity contribution in [2.75, 3.05) is 0 Å². The van der Waals surface area contributed by atoms with Gasteiger partial charge in [0, 0.05) is 4.88 Å². The summed E-state index contributed by atoms with van der Waals surface area (Å²) >= 11 is 1.13. The van der Waals surface area contributed by atoms with E-state index in [1.807, 2.05) is 20.8 Å². The summed E-state index contributed by atoms with van der Waals surface area (Å²) in [6, 6.07) is 0.